The molecule has 1 unspecified atom stereocenters. The fourth-order valence-electron chi connectivity index (χ4n) is 2.92. The predicted octanol–water partition coefficient (Wildman–Crippen LogP) is 3.42. The van der Waals surface area contributed by atoms with Gasteiger partial charge in [-0.2, -0.15) is 5.10 Å². The normalized spacial score (nSPS) is 13.9. The molecule has 0 aliphatic carbocycles. The van der Waals surface area contributed by atoms with Gasteiger partial charge in [0.15, 0.2) is 5.96 Å². The molecular weight excluding hydrogens is 298 g/mol. The molecule has 24 heavy (non-hydrogen) atoms. The van der Waals surface area contributed by atoms with Crippen LogP contribution in [0.15, 0.2) is 4.99 Å². The lowest BCUT2D eigenvalue weighted by atomic mass is 9.89. The standard InChI is InChI=1S/C19H37N5/c1-9-16-15(17(10-2)24(8)23-16)13-21-18(20-7)22-14(3)11-12-19(4,5)6/h14H,9-13H2,1-8H3,(H2,20,21,22). The van der Waals surface area contributed by atoms with Crippen LogP contribution in [0.25, 0.3) is 0 Å². The van der Waals surface area contributed by atoms with Crippen molar-refractivity contribution in [3.05, 3.63) is 17.0 Å². The minimum absolute atomic E-state index is 0.370. The summed E-state index contributed by atoms with van der Waals surface area (Å²) in [6.07, 6.45) is 4.28. The molecule has 138 valence electrons. The van der Waals surface area contributed by atoms with Crippen LogP contribution in [0.4, 0.5) is 0 Å². The number of rotatable bonds is 7. The molecule has 2 N–H and O–H groups in total. The van der Waals surface area contributed by atoms with Crippen LogP contribution in [0.1, 0.15) is 71.3 Å². The van der Waals surface area contributed by atoms with E-state index in [9.17, 15) is 0 Å². The second-order valence-electron chi connectivity index (χ2n) is 7.77. The first-order chi connectivity index (χ1) is 11.2. The molecule has 0 amide bonds. The summed E-state index contributed by atoms with van der Waals surface area (Å²) in [7, 11) is 3.86. The fourth-order valence-corrected chi connectivity index (χ4v) is 2.92. The monoisotopic (exact) mass is 335 g/mol. The van der Waals surface area contributed by atoms with E-state index in [1.54, 1.807) is 0 Å². The summed E-state index contributed by atoms with van der Waals surface area (Å²) in [5.74, 6) is 0.865. The first-order valence-electron chi connectivity index (χ1n) is 9.22. The van der Waals surface area contributed by atoms with Gasteiger partial charge in [-0.05, 0) is 38.0 Å². The van der Waals surface area contributed by atoms with Crippen LogP contribution in [0.3, 0.4) is 0 Å². The molecule has 1 heterocycles. The number of aryl methyl sites for hydroxylation is 2. The van der Waals surface area contributed by atoms with Gasteiger partial charge in [-0.25, -0.2) is 0 Å². The van der Waals surface area contributed by atoms with Crippen molar-refractivity contribution in [3.63, 3.8) is 0 Å². The van der Waals surface area contributed by atoms with Crippen LogP contribution >= 0.6 is 0 Å². The molecule has 5 heteroatoms. The van der Waals surface area contributed by atoms with E-state index in [4.69, 9.17) is 0 Å². The summed E-state index contributed by atoms with van der Waals surface area (Å²) < 4.78 is 2.01. The minimum Gasteiger partial charge on any atom is -0.354 e. The van der Waals surface area contributed by atoms with Crippen molar-refractivity contribution in [2.24, 2.45) is 17.5 Å². The fraction of sp³-hybridized carbons (Fsp3) is 0.789. The Morgan fingerprint density at radius 2 is 1.92 bits per heavy atom. The van der Waals surface area contributed by atoms with Gasteiger partial charge in [0, 0.05) is 37.9 Å². The maximum absolute atomic E-state index is 4.64. The van der Waals surface area contributed by atoms with Crippen molar-refractivity contribution in [3.8, 4) is 0 Å². The Morgan fingerprint density at radius 1 is 1.25 bits per heavy atom. The predicted molar refractivity (Wildman–Crippen MR) is 103 cm³/mol. The topological polar surface area (TPSA) is 54.2 Å². The van der Waals surface area contributed by atoms with Gasteiger partial charge < -0.3 is 10.6 Å². The average molecular weight is 336 g/mol. The Morgan fingerprint density at radius 3 is 2.42 bits per heavy atom. The summed E-state index contributed by atoms with van der Waals surface area (Å²) in [5, 5.41) is 11.6. The summed E-state index contributed by atoms with van der Waals surface area (Å²) in [6.45, 7) is 14.2. The Labute approximate surface area is 148 Å². The molecule has 1 aromatic rings. The zero-order valence-corrected chi connectivity index (χ0v) is 17.0. The smallest absolute Gasteiger partial charge is 0.191 e. The zero-order valence-electron chi connectivity index (χ0n) is 17.0. The highest BCUT2D eigenvalue weighted by Gasteiger charge is 2.15. The van der Waals surface area contributed by atoms with Crippen LogP contribution in [0.5, 0.6) is 0 Å². The van der Waals surface area contributed by atoms with Gasteiger partial charge in [0.05, 0.1) is 5.69 Å². The van der Waals surface area contributed by atoms with Gasteiger partial charge in [-0.1, -0.05) is 34.6 Å². The molecule has 0 saturated heterocycles. The van der Waals surface area contributed by atoms with Crippen molar-refractivity contribution < 1.29 is 0 Å². The molecule has 0 aromatic carbocycles. The number of aliphatic imine (C=N–C) groups is 1. The molecule has 0 spiro atoms. The summed E-state index contributed by atoms with van der Waals surface area (Å²) in [4.78, 5) is 4.37. The first kappa shape index (κ1) is 20.5. The number of nitrogens with zero attached hydrogens (tertiary/aromatic N) is 3. The number of hydrogen-bond donors (Lipinski definition) is 2. The third-order valence-corrected chi connectivity index (χ3v) is 4.39. The molecule has 1 rings (SSSR count). The van der Waals surface area contributed by atoms with Crippen molar-refractivity contribution >= 4 is 5.96 Å². The highest BCUT2D eigenvalue weighted by Crippen LogP contribution is 2.21. The highest BCUT2D eigenvalue weighted by molar-refractivity contribution is 5.79. The van der Waals surface area contributed by atoms with Gasteiger partial charge in [0.25, 0.3) is 0 Å². The van der Waals surface area contributed by atoms with E-state index in [1.807, 2.05) is 18.8 Å². The van der Waals surface area contributed by atoms with Crippen molar-refractivity contribution in [1.29, 1.82) is 0 Å². The molecular formula is C19H37N5. The SMILES string of the molecule is CCc1nn(C)c(CC)c1CNC(=NC)NC(C)CCC(C)(C)C. The van der Waals surface area contributed by atoms with Gasteiger partial charge in [-0.3, -0.25) is 9.67 Å². The second kappa shape index (κ2) is 9.09. The molecule has 0 bridgehead atoms. The summed E-state index contributed by atoms with van der Waals surface area (Å²) in [5.41, 5.74) is 4.16. The molecule has 5 nitrogen and oxygen atoms in total. The lowest BCUT2D eigenvalue weighted by Gasteiger charge is -2.23. The lowest BCUT2D eigenvalue weighted by Crippen LogP contribution is -2.42. The maximum Gasteiger partial charge on any atom is 0.191 e. The largest absolute Gasteiger partial charge is 0.354 e. The van der Waals surface area contributed by atoms with Crippen LogP contribution < -0.4 is 10.6 Å². The molecule has 0 fully saturated rings. The second-order valence-corrected chi connectivity index (χ2v) is 7.77. The van der Waals surface area contributed by atoms with E-state index in [-0.39, 0.29) is 0 Å². The lowest BCUT2D eigenvalue weighted by molar-refractivity contribution is 0.346. The molecule has 1 aromatic heterocycles. The van der Waals surface area contributed by atoms with Crippen LogP contribution in [0, 0.1) is 5.41 Å². The Kier molecular flexibility index (Phi) is 7.77. The van der Waals surface area contributed by atoms with E-state index in [0.29, 0.717) is 11.5 Å². The quantitative estimate of drug-likeness (QED) is 0.593. The molecule has 0 aliphatic rings. The average Bonchev–Trinajstić information content (AvgIpc) is 2.83. The Hall–Kier alpha value is -1.52. The van der Waals surface area contributed by atoms with E-state index in [1.165, 1.54) is 23.4 Å². The highest BCUT2D eigenvalue weighted by atomic mass is 15.3. The third kappa shape index (κ3) is 6.17. The number of nitrogens with one attached hydrogen (secondary N) is 2. The maximum atomic E-state index is 4.64. The van der Waals surface area contributed by atoms with Crippen molar-refractivity contribution in [2.75, 3.05) is 7.05 Å². The van der Waals surface area contributed by atoms with Crippen molar-refractivity contribution in [1.82, 2.24) is 20.4 Å². The van der Waals surface area contributed by atoms with Crippen LogP contribution in [-0.2, 0) is 26.4 Å². The van der Waals surface area contributed by atoms with Gasteiger partial charge in [0.1, 0.15) is 0 Å². The number of guanidine groups is 1. The summed E-state index contributed by atoms with van der Waals surface area (Å²) in [6, 6.07) is 0.403. The van der Waals surface area contributed by atoms with E-state index < -0.39 is 0 Å². The minimum atomic E-state index is 0.370. The molecule has 1 atom stereocenters. The molecule has 0 radical (unpaired) electrons. The van der Waals surface area contributed by atoms with Crippen molar-refractivity contribution in [2.45, 2.75) is 79.8 Å². The van der Waals surface area contributed by atoms with E-state index >= 15 is 0 Å². The first-order valence-corrected chi connectivity index (χ1v) is 9.22. The zero-order chi connectivity index (χ0) is 18.3. The van der Waals surface area contributed by atoms with Gasteiger partial charge in [0.2, 0.25) is 0 Å². The van der Waals surface area contributed by atoms with E-state index in [2.05, 4.69) is 62.3 Å². The summed E-state index contributed by atoms with van der Waals surface area (Å²) >= 11 is 0. The third-order valence-electron chi connectivity index (χ3n) is 4.39. The van der Waals surface area contributed by atoms with Gasteiger partial charge >= 0.3 is 0 Å². The Bertz CT molecular complexity index is 537. The number of hydrogen-bond acceptors (Lipinski definition) is 2. The van der Waals surface area contributed by atoms with Gasteiger partial charge in [-0.15, -0.1) is 0 Å². The van der Waals surface area contributed by atoms with Crippen LogP contribution in [-0.4, -0.2) is 28.8 Å². The van der Waals surface area contributed by atoms with Crippen LogP contribution in [0.2, 0.25) is 0 Å². The molecule has 0 aliphatic heterocycles. The van der Waals surface area contributed by atoms with E-state index in [0.717, 1.165) is 31.8 Å². The number of aromatic nitrogens is 2. The Balaban J connectivity index is 2.65. The molecule has 0 saturated carbocycles.